The van der Waals surface area contributed by atoms with Crippen LogP contribution in [0.15, 0.2) is 0 Å². The molecular formula is C9H16N2O3. The summed E-state index contributed by atoms with van der Waals surface area (Å²) in [5.41, 5.74) is 0. The Balaban J connectivity index is 2.32. The van der Waals surface area contributed by atoms with Gasteiger partial charge in [-0.05, 0) is 18.8 Å². The third-order valence-corrected chi connectivity index (χ3v) is 2.69. The maximum absolute atomic E-state index is 10.7. The van der Waals surface area contributed by atoms with E-state index in [1.807, 2.05) is 0 Å². The number of amides is 1. The maximum Gasteiger partial charge on any atom is 0.216 e. The molecule has 0 heterocycles. The predicted octanol–water partition coefficient (Wildman–Crippen LogP) is 0.958. The molecule has 2 atom stereocenters. The molecule has 0 aromatic carbocycles. The highest BCUT2D eigenvalue weighted by molar-refractivity contribution is 5.72. The van der Waals surface area contributed by atoms with Crippen molar-refractivity contribution in [1.82, 2.24) is 5.32 Å². The lowest BCUT2D eigenvalue weighted by molar-refractivity contribution is -0.527. The molecule has 0 spiro atoms. The second-order valence-corrected chi connectivity index (χ2v) is 3.91. The lowest BCUT2D eigenvalue weighted by Crippen LogP contribution is -2.34. The van der Waals surface area contributed by atoms with Crippen LogP contribution in [0.25, 0.3) is 0 Å². The summed E-state index contributed by atoms with van der Waals surface area (Å²) in [5.74, 6) is 0.219. The Labute approximate surface area is 83.0 Å². The van der Waals surface area contributed by atoms with E-state index in [1.165, 1.54) is 6.92 Å². The predicted molar refractivity (Wildman–Crippen MR) is 51.4 cm³/mol. The first-order valence-electron chi connectivity index (χ1n) is 4.97. The van der Waals surface area contributed by atoms with Gasteiger partial charge in [0, 0.05) is 31.2 Å². The minimum Gasteiger partial charge on any atom is -0.356 e. The van der Waals surface area contributed by atoms with Crippen molar-refractivity contribution in [3.05, 3.63) is 10.1 Å². The van der Waals surface area contributed by atoms with E-state index in [0.29, 0.717) is 19.4 Å². The van der Waals surface area contributed by atoms with Gasteiger partial charge in [-0.1, -0.05) is 0 Å². The third-order valence-electron chi connectivity index (χ3n) is 2.69. The summed E-state index contributed by atoms with van der Waals surface area (Å²) in [7, 11) is 0. The summed E-state index contributed by atoms with van der Waals surface area (Å²) >= 11 is 0. The summed E-state index contributed by atoms with van der Waals surface area (Å²) in [4.78, 5) is 21.0. The summed E-state index contributed by atoms with van der Waals surface area (Å²) in [6.45, 7) is 2.05. The van der Waals surface area contributed by atoms with E-state index in [1.54, 1.807) is 0 Å². The number of nitro groups is 1. The molecule has 5 heteroatoms. The van der Waals surface area contributed by atoms with Gasteiger partial charge in [0.2, 0.25) is 11.9 Å². The standard InChI is InChI=1S/C9H16N2O3/c1-7(12)10-6-8-3-2-4-9(5-8)11(13)14/h8-9H,2-6H2,1H3,(H,10,12). The van der Waals surface area contributed by atoms with E-state index < -0.39 is 6.04 Å². The van der Waals surface area contributed by atoms with Crippen molar-refractivity contribution in [2.45, 2.75) is 38.6 Å². The second-order valence-electron chi connectivity index (χ2n) is 3.91. The smallest absolute Gasteiger partial charge is 0.216 e. The van der Waals surface area contributed by atoms with E-state index >= 15 is 0 Å². The molecule has 14 heavy (non-hydrogen) atoms. The maximum atomic E-state index is 10.7. The van der Waals surface area contributed by atoms with Crippen LogP contribution in [0.1, 0.15) is 32.6 Å². The molecule has 1 aliphatic rings. The van der Waals surface area contributed by atoms with Gasteiger partial charge in [0.05, 0.1) is 0 Å². The number of carbonyl (C=O) groups excluding carboxylic acids is 1. The van der Waals surface area contributed by atoms with Crippen molar-refractivity contribution in [1.29, 1.82) is 0 Å². The Morgan fingerprint density at radius 1 is 1.57 bits per heavy atom. The fourth-order valence-corrected chi connectivity index (χ4v) is 1.93. The van der Waals surface area contributed by atoms with Gasteiger partial charge in [-0.25, -0.2) is 0 Å². The summed E-state index contributed by atoms with van der Waals surface area (Å²) < 4.78 is 0. The van der Waals surface area contributed by atoms with Gasteiger partial charge in [-0.15, -0.1) is 0 Å². The van der Waals surface area contributed by atoms with Gasteiger partial charge < -0.3 is 5.32 Å². The number of nitrogens with one attached hydrogen (secondary N) is 1. The van der Waals surface area contributed by atoms with E-state index in [-0.39, 0.29) is 16.7 Å². The van der Waals surface area contributed by atoms with Crippen LogP contribution in [0.2, 0.25) is 0 Å². The normalized spacial score (nSPS) is 26.9. The first kappa shape index (κ1) is 10.9. The molecule has 1 saturated carbocycles. The molecule has 0 bridgehead atoms. The zero-order valence-corrected chi connectivity index (χ0v) is 8.36. The van der Waals surface area contributed by atoms with E-state index in [9.17, 15) is 14.9 Å². The zero-order chi connectivity index (χ0) is 10.6. The molecule has 0 aromatic heterocycles. The number of rotatable bonds is 3. The first-order valence-corrected chi connectivity index (χ1v) is 4.97. The largest absolute Gasteiger partial charge is 0.356 e. The minimum absolute atomic E-state index is 0.0618. The molecule has 80 valence electrons. The quantitative estimate of drug-likeness (QED) is 0.544. The van der Waals surface area contributed by atoms with Crippen LogP contribution in [0.3, 0.4) is 0 Å². The van der Waals surface area contributed by atoms with Crippen molar-refractivity contribution in [2.24, 2.45) is 5.92 Å². The molecule has 0 aromatic rings. The molecule has 0 radical (unpaired) electrons. The van der Waals surface area contributed by atoms with Gasteiger partial charge in [0.15, 0.2) is 0 Å². The number of carbonyl (C=O) groups is 1. The van der Waals surface area contributed by atoms with Gasteiger partial charge in [-0.3, -0.25) is 14.9 Å². The van der Waals surface area contributed by atoms with E-state index in [2.05, 4.69) is 5.32 Å². The van der Waals surface area contributed by atoms with Gasteiger partial charge in [-0.2, -0.15) is 0 Å². The van der Waals surface area contributed by atoms with Crippen LogP contribution in [0.4, 0.5) is 0 Å². The number of nitrogens with zero attached hydrogens (tertiary/aromatic N) is 1. The number of hydrogen-bond acceptors (Lipinski definition) is 3. The summed E-state index contributed by atoms with van der Waals surface area (Å²) in [5, 5.41) is 13.3. The van der Waals surface area contributed by atoms with Crippen LogP contribution < -0.4 is 5.32 Å². The van der Waals surface area contributed by atoms with Gasteiger partial charge in [0.1, 0.15) is 0 Å². The Bertz CT molecular complexity index is 230. The highest BCUT2D eigenvalue weighted by atomic mass is 16.6. The van der Waals surface area contributed by atoms with Crippen molar-refractivity contribution >= 4 is 5.91 Å². The van der Waals surface area contributed by atoms with Crippen molar-refractivity contribution in [3.63, 3.8) is 0 Å². The van der Waals surface area contributed by atoms with Gasteiger partial charge in [0.25, 0.3) is 0 Å². The first-order chi connectivity index (χ1) is 6.59. The number of hydrogen-bond donors (Lipinski definition) is 1. The van der Waals surface area contributed by atoms with Crippen molar-refractivity contribution in [2.75, 3.05) is 6.54 Å². The van der Waals surface area contributed by atoms with Crippen molar-refractivity contribution in [3.8, 4) is 0 Å². The average molecular weight is 200 g/mol. The molecule has 0 aliphatic heterocycles. The average Bonchev–Trinajstić information content (AvgIpc) is 2.15. The van der Waals surface area contributed by atoms with Crippen molar-refractivity contribution < 1.29 is 9.72 Å². The Hall–Kier alpha value is -1.13. The van der Waals surface area contributed by atoms with E-state index in [4.69, 9.17) is 0 Å². The molecule has 1 aliphatic carbocycles. The van der Waals surface area contributed by atoms with Gasteiger partial charge >= 0.3 is 0 Å². The van der Waals surface area contributed by atoms with Crippen LogP contribution in [-0.2, 0) is 4.79 Å². The summed E-state index contributed by atoms with van der Waals surface area (Å²) in [6, 6.07) is -0.400. The molecule has 1 amide bonds. The molecule has 1 rings (SSSR count). The molecule has 2 unspecified atom stereocenters. The van der Waals surface area contributed by atoms with Crippen LogP contribution >= 0.6 is 0 Å². The molecule has 0 saturated heterocycles. The second kappa shape index (κ2) is 4.93. The van der Waals surface area contributed by atoms with E-state index in [0.717, 1.165) is 12.8 Å². The van der Waals surface area contributed by atoms with Crippen LogP contribution in [0, 0.1) is 16.0 Å². The van der Waals surface area contributed by atoms with Crippen LogP contribution in [0.5, 0.6) is 0 Å². The minimum atomic E-state index is -0.400. The topological polar surface area (TPSA) is 72.2 Å². The molecule has 5 nitrogen and oxygen atoms in total. The lowest BCUT2D eigenvalue weighted by Gasteiger charge is -2.24. The SMILES string of the molecule is CC(=O)NCC1CCCC([N+](=O)[O-])C1. The Morgan fingerprint density at radius 2 is 2.29 bits per heavy atom. The molecule has 1 fully saturated rings. The fourth-order valence-electron chi connectivity index (χ4n) is 1.93. The Kier molecular flexibility index (Phi) is 3.85. The third kappa shape index (κ3) is 3.32. The Morgan fingerprint density at radius 3 is 2.86 bits per heavy atom. The molecular weight excluding hydrogens is 184 g/mol. The molecule has 1 N–H and O–H groups in total. The highest BCUT2D eigenvalue weighted by Gasteiger charge is 2.29. The monoisotopic (exact) mass is 200 g/mol. The summed E-state index contributed by atoms with van der Waals surface area (Å²) in [6.07, 6.45) is 3.18. The highest BCUT2D eigenvalue weighted by Crippen LogP contribution is 2.25. The fraction of sp³-hybridized carbons (Fsp3) is 0.889. The lowest BCUT2D eigenvalue weighted by atomic mass is 9.86. The van der Waals surface area contributed by atoms with Crippen LogP contribution in [-0.4, -0.2) is 23.4 Å². The zero-order valence-electron chi connectivity index (χ0n) is 8.36.